The van der Waals surface area contributed by atoms with E-state index in [0.29, 0.717) is 24.4 Å². The lowest BCUT2D eigenvalue weighted by molar-refractivity contribution is 0.0764. The standard InChI is InChI=1S/C30H35N3O5S/c1-23-19-27(25-11-7-4-8-12-25)31-30(29(23)39(2,34)35)36-18-17-32-13-15-33(16-14-32)28-22-37-26(21-38-28)20-24-9-5-3-6-10-24/h3-5,7-9,11-12,19,21-22H,6,10,13-18,20H2,1-2H3. The number of hydrogen-bond acceptors (Lipinski definition) is 8. The number of benzene rings is 1. The summed E-state index contributed by atoms with van der Waals surface area (Å²) in [6.07, 6.45) is 13.9. The lowest BCUT2D eigenvalue weighted by Crippen LogP contribution is -2.47. The van der Waals surface area contributed by atoms with Crippen LogP contribution in [0.3, 0.4) is 0 Å². The molecule has 8 nitrogen and oxygen atoms in total. The Labute approximate surface area is 230 Å². The Bertz CT molecular complexity index is 1410. The molecule has 1 saturated heterocycles. The van der Waals surface area contributed by atoms with Crippen molar-refractivity contribution in [3.63, 3.8) is 0 Å². The van der Waals surface area contributed by atoms with E-state index in [1.165, 1.54) is 11.8 Å². The number of nitrogens with zero attached hydrogens (tertiary/aromatic N) is 3. The molecule has 39 heavy (non-hydrogen) atoms. The van der Waals surface area contributed by atoms with Crippen LogP contribution in [-0.2, 0) is 19.3 Å². The van der Waals surface area contributed by atoms with Gasteiger partial charge in [0.2, 0.25) is 11.8 Å². The van der Waals surface area contributed by atoms with Crippen LogP contribution in [0.1, 0.15) is 24.8 Å². The summed E-state index contributed by atoms with van der Waals surface area (Å²) in [5.41, 5.74) is 3.58. The first-order valence-corrected chi connectivity index (χ1v) is 15.2. The van der Waals surface area contributed by atoms with Crippen molar-refractivity contribution < 1.29 is 22.6 Å². The van der Waals surface area contributed by atoms with E-state index in [1.54, 1.807) is 25.5 Å². The zero-order chi connectivity index (χ0) is 27.2. The van der Waals surface area contributed by atoms with E-state index in [2.05, 4.69) is 33.0 Å². The molecule has 0 spiro atoms. The molecule has 1 aromatic carbocycles. The number of rotatable bonds is 9. The second kappa shape index (κ2) is 12.1. The highest BCUT2D eigenvalue weighted by atomic mass is 32.2. The van der Waals surface area contributed by atoms with Crippen LogP contribution in [0.15, 0.2) is 89.3 Å². The van der Waals surface area contributed by atoms with E-state index in [4.69, 9.17) is 14.2 Å². The highest BCUT2D eigenvalue weighted by Gasteiger charge is 2.24. The van der Waals surface area contributed by atoms with Crippen LogP contribution < -0.4 is 4.74 Å². The zero-order valence-corrected chi connectivity index (χ0v) is 23.3. The fourth-order valence-corrected chi connectivity index (χ4v) is 6.03. The molecule has 3 aliphatic rings. The molecule has 2 aromatic rings. The van der Waals surface area contributed by atoms with Gasteiger partial charge in [-0.2, -0.15) is 0 Å². The molecule has 0 radical (unpaired) electrons. The molecule has 0 unspecified atom stereocenters. The van der Waals surface area contributed by atoms with Crippen molar-refractivity contribution in [2.45, 2.75) is 31.1 Å². The smallest absolute Gasteiger partial charge is 0.233 e. The molecule has 1 fully saturated rings. The van der Waals surface area contributed by atoms with Gasteiger partial charge in [-0.05, 0) is 31.4 Å². The molecule has 0 saturated carbocycles. The number of sulfone groups is 1. The minimum absolute atomic E-state index is 0.150. The summed E-state index contributed by atoms with van der Waals surface area (Å²) >= 11 is 0. The van der Waals surface area contributed by atoms with E-state index in [9.17, 15) is 8.42 Å². The van der Waals surface area contributed by atoms with Crippen LogP contribution in [0.5, 0.6) is 5.88 Å². The van der Waals surface area contributed by atoms with Crippen LogP contribution in [0.4, 0.5) is 0 Å². The Morgan fingerprint density at radius 1 is 1.05 bits per heavy atom. The largest absolute Gasteiger partial charge is 0.475 e. The zero-order valence-electron chi connectivity index (χ0n) is 22.5. The van der Waals surface area contributed by atoms with E-state index in [1.807, 2.05) is 30.3 Å². The van der Waals surface area contributed by atoms with Gasteiger partial charge in [-0.15, -0.1) is 0 Å². The molecule has 5 rings (SSSR count). The molecular weight excluding hydrogens is 514 g/mol. The molecule has 0 amide bonds. The van der Waals surface area contributed by atoms with E-state index in [0.717, 1.165) is 62.6 Å². The van der Waals surface area contributed by atoms with Gasteiger partial charge in [0.15, 0.2) is 16.1 Å². The molecule has 2 aliphatic heterocycles. The van der Waals surface area contributed by atoms with Gasteiger partial charge in [0.05, 0.1) is 5.69 Å². The average Bonchev–Trinajstić information content (AvgIpc) is 2.94. The number of ether oxygens (including phenoxy) is 3. The number of pyridine rings is 1. The Morgan fingerprint density at radius 3 is 2.51 bits per heavy atom. The Kier molecular flexibility index (Phi) is 8.38. The highest BCUT2D eigenvalue weighted by molar-refractivity contribution is 7.90. The number of piperazine rings is 1. The molecule has 9 heteroatoms. The average molecular weight is 550 g/mol. The van der Waals surface area contributed by atoms with Crippen LogP contribution in [0, 0.1) is 6.92 Å². The van der Waals surface area contributed by atoms with Crippen molar-refractivity contribution in [3.05, 3.63) is 89.9 Å². The minimum Gasteiger partial charge on any atom is -0.475 e. The summed E-state index contributed by atoms with van der Waals surface area (Å²) in [6, 6.07) is 11.5. The summed E-state index contributed by atoms with van der Waals surface area (Å²) < 4.78 is 42.8. The van der Waals surface area contributed by atoms with Crippen molar-refractivity contribution in [2.75, 3.05) is 45.6 Å². The normalized spacial score (nSPS) is 18.0. The van der Waals surface area contributed by atoms with E-state index in [-0.39, 0.29) is 10.8 Å². The van der Waals surface area contributed by atoms with Crippen molar-refractivity contribution in [3.8, 4) is 17.1 Å². The third kappa shape index (κ3) is 6.91. The SMILES string of the molecule is Cc1cc(-c2ccccc2)nc(OCCN2CCN(C3=COC(CC4=CC=CCC4)=CO3)CC2)c1S(C)(=O)=O. The fourth-order valence-electron chi connectivity index (χ4n) is 4.96. The third-order valence-electron chi connectivity index (χ3n) is 7.02. The Balaban J connectivity index is 1.13. The summed E-state index contributed by atoms with van der Waals surface area (Å²) in [5, 5.41) is 0. The molecule has 3 heterocycles. The van der Waals surface area contributed by atoms with Crippen molar-refractivity contribution in [1.29, 1.82) is 0 Å². The predicted octanol–water partition coefficient (Wildman–Crippen LogP) is 4.81. The monoisotopic (exact) mass is 549 g/mol. The Hall–Kier alpha value is -3.56. The summed E-state index contributed by atoms with van der Waals surface area (Å²) in [4.78, 5) is 9.20. The second-order valence-electron chi connectivity index (χ2n) is 10.0. The van der Waals surface area contributed by atoms with Crippen LogP contribution >= 0.6 is 0 Å². The number of aryl methyl sites for hydroxylation is 1. The highest BCUT2D eigenvalue weighted by Crippen LogP contribution is 2.30. The van der Waals surface area contributed by atoms with Crippen LogP contribution in [0.25, 0.3) is 11.3 Å². The lowest BCUT2D eigenvalue weighted by atomic mass is 10.0. The topological polar surface area (TPSA) is 81.2 Å². The molecule has 0 bridgehead atoms. The third-order valence-corrected chi connectivity index (χ3v) is 8.26. The van der Waals surface area contributed by atoms with Gasteiger partial charge in [0.1, 0.15) is 23.5 Å². The van der Waals surface area contributed by atoms with Gasteiger partial charge in [0, 0.05) is 51.0 Å². The van der Waals surface area contributed by atoms with E-state index >= 15 is 0 Å². The first kappa shape index (κ1) is 27.0. The molecular formula is C30H35N3O5S. The maximum Gasteiger partial charge on any atom is 0.233 e. The molecule has 0 N–H and O–H groups in total. The minimum atomic E-state index is -3.50. The van der Waals surface area contributed by atoms with E-state index < -0.39 is 9.84 Å². The quantitative estimate of drug-likeness (QED) is 0.441. The first-order chi connectivity index (χ1) is 18.9. The Morgan fingerprint density at radius 2 is 1.85 bits per heavy atom. The number of aromatic nitrogens is 1. The van der Waals surface area contributed by atoms with Gasteiger partial charge in [0.25, 0.3) is 0 Å². The van der Waals surface area contributed by atoms with Gasteiger partial charge >= 0.3 is 0 Å². The maximum absolute atomic E-state index is 12.5. The fraction of sp³-hybridized carbons (Fsp3) is 0.367. The predicted molar refractivity (Wildman–Crippen MR) is 150 cm³/mol. The van der Waals surface area contributed by atoms with Gasteiger partial charge in [-0.25, -0.2) is 13.4 Å². The summed E-state index contributed by atoms with van der Waals surface area (Å²) in [7, 11) is -3.50. The van der Waals surface area contributed by atoms with Crippen molar-refractivity contribution in [2.24, 2.45) is 0 Å². The molecule has 0 atom stereocenters. The van der Waals surface area contributed by atoms with Crippen molar-refractivity contribution in [1.82, 2.24) is 14.8 Å². The number of allylic oxidation sites excluding steroid dienone is 4. The number of hydrogen-bond donors (Lipinski definition) is 0. The summed E-state index contributed by atoms with van der Waals surface area (Å²) in [5.74, 6) is 1.71. The van der Waals surface area contributed by atoms with Gasteiger partial charge in [-0.3, -0.25) is 4.90 Å². The van der Waals surface area contributed by atoms with Crippen LogP contribution in [-0.4, -0.2) is 68.8 Å². The molecule has 1 aromatic heterocycles. The van der Waals surface area contributed by atoms with Crippen molar-refractivity contribution >= 4 is 9.84 Å². The molecule has 1 aliphatic carbocycles. The lowest BCUT2D eigenvalue weighted by Gasteiger charge is -2.36. The first-order valence-electron chi connectivity index (χ1n) is 13.3. The van der Waals surface area contributed by atoms with Gasteiger partial charge < -0.3 is 19.1 Å². The summed E-state index contributed by atoms with van der Waals surface area (Å²) in [6.45, 7) is 6.03. The maximum atomic E-state index is 12.5. The van der Waals surface area contributed by atoms with Crippen LogP contribution in [0.2, 0.25) is 0 Å². The molecule has 206 valence electrons. The van der Waals surface area contributed by atoms with Gasteiger partial charge in [-0.1, -0.05) is 54.1 Å². The second-order valence-corrected chi connectivity index (χ2v) is 12.0.